The van der Waals surface area contributed by atoms with E-state index < -0.39 is 0 Å². The minimum Gasteiger partial charge on any atom is -0.319 e. The molecule has 0 amide bonds. The van der Waals surface area contributed by atoms with E-state index in [9.17, 15) is 4.79 Å². The maximum atomic E-state index is 11.4. The lowest BCUT2D eigenvalue weighted by Gasteiger charge is -2.37. The van der Waals surface area contributed by atoms with E-state index in [1.807, 2.05) is 13.1 Å². The van der Waals surface area contributed by atoms with Crippen LogP contribution in [0.2, 0.25) is 0 Å². The lowest BCUT2D eigenvalue weighted by molar-refractivity contribution is -0.121. The van der Waals surface area contributed by atoms with Crippen molar-refractivity contribution in [1.82, 2.24) is 5.32 Å². The molecule has 2 rings (SSSR count). The van der Waals surface area contributed by atoms with Crippen molar-refractivity contribution < 1.29 is 4.79 Å². The molecule has 0 unspecified atom stereocenters. The van der Waals surface area contributed by atoms with E-state index in [1.165, 1.54) is 5.56 Å². The highest BCUT2D eigenvalue weighted by molar-refractivity contribution is 9.10. The standard InChI is InChI=1S/C14H18BrNO/c1-16-10-14(7-5-13(17)6-8-14)11-3-2-4-12(15)9-11/h2-4,9,16H,5-8,10H2,1H3. The molecule has 0 spiro atoms. The van der Waals surface area contributed by atoms with Gasteiger partial charge in [-0.15, -0.1) is 0 Å². The first kappa shape index (κ1) is 12.8. The third-order valence-electron chi connectivity index (χ3n) is 3.72. The Morgan fingerprint density at radius 2 is 2.06 bits per heavy atom. The Bertz CT molecular complexity index is 406. The van der Waals surface area contributed by atoms with Gasteiger partial charge in [0.1, 0.15) is 5.78 Å². The van der Waals surface area contributed by atoms with Crippen molar-refractivity contribution in [2.24, 2.45) is 0 Å². The van der Waals surface area contributed by atoms with Crippen LogP contribution in [0.3, 0.4) is 0 Å². The van der Waals surface area contributed by atoms with Gasteiger partial charge in [0.25, 0.3) is 0 Å². The van der Waals surface area contributed by atoms with Gasteiger partial charge in [-0.3, -0.25) is 4.79 Å². The Morgan fingerprint density at radius 1 is 1.35 bits per heavy atom. The monoisotopic (exact) mass is 295 g/mol. The SMILES string of the molecule is CNCC1(c2cccc(Br)c2)CCC(=O)CC1. The lowest BCUT2D eigenvalue weighted by atomic mass is 9.69. The summed E-state index contributed by atoms with van der Waals surface area (Å²) in [4.78, 5) is 11.4. The van der Waals surface area contributed by atoms with Crippen LogP contribution in [-0.4, -0.2) is 19.4 Å². The van der Waals surface area contributed by atoms with Crippen LogP contribution in [0.4, 0.5) is 0 Å². The molecule has 0 saturated heterocycles. The predicted octanol–water partition coefficient (Wildman–Crippen LogP) is 3.05. The molecule has 1 saturated carbocycles. The molecule has 0 heterocycles. The molecule has 0 bridgehead atoms. The summed E-state index contributed by atoms with van der Waals surface area (Å²) in [6.07, 6.45) is 3.36. The molecular formula is C14H18BrNO. The van der Waals surface area contributed by atoms with Gasteiger partial charge in [-0.1, -0.05) is 28.1 Å². The van der Waals surface area contributed by atoms with Gasteiger partial charge in [-0.05, 0) is 37.6 Å². The summed E-state index contributed by atoms with van der Waals surface area (Å²) in [5.74, 6) is 0.409. The number of rotatable bonds is 3. The average Bonchev–Trinajstić information content (AvgIpc) is 2.33. The smallest absolute Gasteiger partial charge is 0.132 e. The molecule has 0 radical (unpaired) electrons. The molecule has 1 N–H and O–H groups in total. The molecule has 2 nitrogen and oxygen atoms in total. The molecule has 1 aliphatic rings. The summed E-state index contributed by atoms with van der Waals surface area (Å²) >= 11 is 3.53. The van der Waals surface area contributed by atoms with Crippen molar-refractivity contribution in [3.8, 4) is 0 Å². The first-order valence-electron chi connectivity index (χ1n) is 6.09. The first-order valence-corrected chi connectivity index (χ1v) is 6.88. The summed E-state index contributed by atoms with van der Waals surface area (Å²) < 4.78 is 1.11. The van der Waals surface area contributed by atoms with E-state index in [2.05, 4.69) is 39.4 Å². The van der Waals surface area contributed by atoms with Crippen LogP contribution in [0.15, 0.2) is 28.7 Å². The van der Waals surface area contributed by atoms with Gasteiger partial charge in [0.15, 0.2) is 0 Å². The number of carbonyl (C=O) groups excluding carboxylic acids is 1. The largest absolute Gasteiger partial charge is 0.319 e. The van der Waals surface area contributed by atoms with Gasteiger partial charge in [-0.25, -0.2) is 0 Å². The molecule has 0 aliphatic heterocycles. The van der Waals surface area contributed by atoms with Crippen LogP contribution in [-0.2, 0) is 10.2 Å². The summed E-state index contributed by atoms with van der Waals surface area (Å²) in [5, 5.41) is 3.28. The first-order chi connectivity index (χ1) is 8.16. The zero-order valence-corrected chi connectivity index (χ0v) is 11.7. The third kappa shape index (κ3) is 2.78. The molecule has 92 valence electrons. The maximum absolute atomic E-state index is 11.4. The molecule has 0 atom stereocenters. The van der Waals surface area contributed by atoms with Crippen LogP contribution in [0, 0.1) is 0 Å². The van der Waals surface area contributed by atoms with E-state index >= 15 is 0 Å². The number of Topliss-reactive ketones (excluding diaryl/α,β-unsaturated/α-hetero) is 1. The van der Waals surface area contributed by atoms with Gasteiger partial charge >= 0.3 is 0 Å². The minimum absolute atomic E-state index is 0.131. The fourth-order valence-electron chi connectivity index (χ4n) is 2.73. The van der Waals surface area contributed by atoms with Gasteiger partial charge in [0, 0.05) is 29.3 Å². The normalized spacial score (nSPS) is 19.3. The van der Waals surface area contributed by atoms with Crippen molar-refractivity contribution in [1.29, 1.82) is 0 Å². The zero-order valence-electron chi connectivity index (χ0n) is 10.1. The summed E-state index contributed by atoms with van der Waals surface area (Å²) in [7, 11) is 1.98. The van der Waals surface area contributed by atoms with Crippen LogP contribution in [0.25, 0.3) is 0 Å². The third-order valence-corrected chi connectivity index (χ3v) is 4.21. The molecule has 3 heteroatoms. The Hall–Kier alpha value is -0.670. The number of nitrogens with one attached hydrogen (secondary N) is 1. The van der Waals surface area contributed by atoms with Gasteiger partial charge < -0.3 is 5.32 Å². The number of halogens is 1. The van der Waals surface area contributed by atoms with Gasteiger partial charge in [-0.2, -0.15) is 0 Å². The van der Waals surface area contributed by atoms with E-state index in [-0.39, 0.29) is 5.41 Å². The highest BCUT2D eigenvalue weighted by Gasteiger charge is 2.35. The predicted molar refractivity (Wildman–Crippen MR) is 73.2 cm³/mol. The quantitative estimate of drug-likeness (QED) is 0.929. The summed E-state index contributed by atoms with van der Waals surface area (Å²) in [6.45, 7) is 0.941. The molecule has 1 aromatic carbocycles. The molecule has 1 aliphatic carbocycles. The second kappa shape index (κ2) is 5.32. The van der Waals surface area contributed by atoms with Crippen molar-refractivity contribution in [2.75, 3.05) is 13.6 Å². The lowest BCUT2D eigenvalue weighted by Crippen LogP contribution is -2.40. The highest BCUT2D eigenvalue weighted by Crippen LogP contribution is 2.38. The second-order valence-electron chi connectivity index (χ2n) is 4.86. The minimum atomic E-state index is 0.131. The fraction of sp³-hybridized carbons (Fsp3) is 0.500. The van der Waals surface area contributed by atoms with Crippen molar-refractivity contribution in [3.63, 3.8) is 0 Å². The van der Waals surface area contributed by atoms with Crippen LogP contribution in [0.1, 0.15) is 31.2 Å². The van der Waals surface area contributed by atoms with Crippen LogP contribution >= 0.6 is 15.9 Å². The number of likely N-dealkylation sites (N-methyl/N-ethyl adjacent to an activating group) is 1. The maximum Gasteiger partial charge on any atom is 0.132 e. The molecule has 1 fully saturated rings. The van der Waals surface area contributed by atoms with Crippen LogP contribution in [0.5, 0.6) is 0 Å². The molecule has 1 aromatic rings. The summed E-state index contributed by atoms with van der Waals surface area (Å²) in [5.41, 5.74) is 1.47. The van der Waals surface area contributed by atoms with Crippen molar-refractivity contribution >= 4 is 21.7 Å². The Balaban J connectivity index is 2.30. The zero-order chi connectivity index (χ0) is 12.3. The van der Waals surface area contributed by atoms with Gasteiger partial charge in [0.2, 0.25) is 0 Å². The molecule has 0 aromatic heterocycles. The Kier molecular flexibility index (Phi) is 4.00. The van der Waals surface area contributed by atoms with E-state index in [4.69, 9.17) is 0 Å². The number of ketones is 1. The number of hydrogen-bond donors (Lipinski definition) is 1. The number of carbonyl (C=O) groups is 1. The van der Waals surface area contributed by atoms with E-state index in [0.29, 0.717) is 18.6 Å². The topological polar surface area (TPSA) is 29.1 Å². The van der Waals surface area contributed by atoms with Crippen molar-refractivity contribution in [2.45, 2.75) is 31.1 Å². The van der Waals surface area contributed by atoms with Crippen molar-refractivity contribution in [3.05, 3.63) is 34.3 Å². The van der Waals surface area contributed by atoms with Gasteiger partial charge in [0.05, 0.1) is 0 Å². The molecule has 17 heavy (non-hydrogen) atoms. The summed E-state index contributed by atoms with van der Waals surface area (Å²) in [6, 6.07) is 8.49. The second-order valence-corrected chi connectivity index (χ2v) is 5.78. The Labute approximate surface area is 111 Å². The highest BCUT2D eigenvalue weighted by atomic mass is 79.9. The fourth-order valence-corrected chi connectivity index (χ4v) is 3.13. The Morgan fingerprint density at radius 3 is 2.65 bits per heavy atom. The van der Waals surface area contributed by atoms with Crippen LogP contribution < -0.4 is 5.32 Å². The number of hydrogen-bond acceptors (Lipinski definition) is 2. The average molecular weight is 296 g/mol. The van der Waals surface area contributed by atoms with E-state index in [0.717, 1.165) is 23.9 Å². The van der Waals surface area contributed by atoms with E-state index in [1.54, 1.807) is 0 Å². The number of benzene rings is 1. The molecular weight excluding hydrogens is 278 g/mol.